The second-order valence-electron chi connectivity index (χ2n) is 9.29. The average molecular weight is 526 g/mol. The van der Waals surface area contributed by atoms with Gasteiger partial charge in [0, 0.05) is 19.6 Å². The summed E-state index contributed by atoms with van der Waals surface area (Å²) in [6.07, 6.45) is -3.52. The Hall–Kier alpha value is -4.01. The molecule has 0 unspecified atom stereocenters. The van der Waals surface area contributed by atoms with Gasteiger partial charge in [-0.05, 0) is 60.7 Å². The van der Waals surface area contributed by atoms with Crippen LogP contribution in [-0.2, 0) is 11.3 Å². The summed E-state index contributed by atoms with van der Waals surface area (Å²) in [5.41, 5.74) is 3.49. The van der Waals surface area contributed by atoms with Gasteiger partial charge in [-0.15, -0.1) is 13.2 Å². The smallest absolute Gasteiger partial charge is 0.406 e. The van der Waals surface area contributed by atoms with Crippen molar-refractivity contribution >= 4 is 23.3 Å². The van der Waals surface area contributed by atoms with Crippen molar-refractivity contribution in [1.82, 2.24) is 4.90 Å². The van der Waals surface area contributed by atoms with Gasteiger partial charge in [0.05, 0.1) is 17.3 Å². The number of alkyl halides is 3. The molecule has 1 N–H and O–H groups in total. The van der Waals surface area contributed by atoms with Crippen LogP contribution in [0.1, 0.15) is 42.4 Å². The maximum Gasteiger partial charge on any atom is 0.573 e. The summed E-state index contributed by atoms with van der Waals surface area (Å²) in [7, 11) is 0. The molecule has 0 radical (unpaired) electrons. The molecule has 1 fully saturated rings. The first-order valence-electron chi connectivity index (χ1n) is 12.5. The SMILES string of the molecule is CC[C@H](C(=O)Nc1cc(C)ccc1N1CCCN(Cc2cccc(OC(F)(F)F)c2)C1=O)c1ccccc1. The van der Waals surface area contributed by atoms with E-state index in [1.165, 1.54) is 18.2 Å². The zero-order valence-corrected chi connectivity index (χ0v) is 21.3. The van der Waals surface area contributed by atoms with Gasteiger partial charge in [0.1, 0.15) is 5.75 Å². The van der Waals surface area contributed by atoms with Crippen LogP contribution in [0.15, 0.2) is 72.8 Å². The Balaban J connectivity index is 1.54. The number of hydrogen-bond acceptors (Lipinski definition) is 3. The quantitative estimate of drug-likeness (QED) is 0.350. The zero-order chi connectivity index (χ0) is 27.3. The van der Waals surface area contributed by atoms with Crippen molar-refractivity contribution in [3.63, 3.8) is 0 Å². The Labute approximate surface area is 220 Å². The van der Waals surface area contributed by atoms with E-state index >= 15 is 0 Å². The van der Waals surface area contributed by atoms with E-state index in [-0.39, 0.29) is 30.2 Å². The molecular weight excluding hydrogens is 495 g/mol. The summed E-state index contributed by atoms with van der Waals surface area (Å²) in [5.74, 6) is -0.832. The molecule has 1 atom stereocenters. The third-order valence-corrected chi connectivity index (χ3v) is 6.44. The van der Waals surface area contributed by atoms with Crippen molar-refractivity contribution in [2.24, 2.45) is 0 Å². The molecule has 1 aliphatic rings. The van der Waals surface area contributed by atoms with E-state index in [1.54, 1.807) is 15.9 Å². The highest BCUT2D eigenvalue weighted by atomic mass is 19.4. The number of aryl methyl sites for hydroxylation is 1. The molecule has 0 bridgehead atoms. The lowest BCUT2D eigenvalue weighted by Gasteiger charge is -2.36. The first-order valence-corrected chi connectivity index (χ1v) is 12.5. The summed E-state index contributed by atoms with van der Waals surface area (Å²) in [5, 5.41) is 3.04. The molecule has 3 aromatic carbocycles. The molecular formula is C29H30F3N3O3. The van der Waals surface area contributed by atoms with Crippen LogP contribution >= 0.6 is 0 Å². The van der Waals surface area contributed by atoms with Gasteiger partial charge < -0.3 is 15.0 Å². The van der Waals surface area contributed by atoms with Crippen LogP contribution in [0.2, 0.25) is 0 Å². The van der Waals surface area contributed by atoms with Gasteiger partial charge in [0.2, 0.25) is 5.91 Å². The molecule has 1 aliphatic heterocycles. The lowest BCUT2D eigenvalue weighted by molar-refractivity contribution is -0.274. The Bertz CT molecular complexity index is 1280. The van der Waals surface area contributed by atoms with Crippen molar-refractivity contribution in [3.05, 3.63) is 89.5 Å². The van der Waals surface area contributed by atoms with Crippen LogP contribution in [-0.4, -0.2) is 36.3 Å². The Morgan fingerprint density at radius 1 is 1.03 bits per heavy atom. The van der Waals surface area contributed by atoms with Gasteiger partial charge in [-0.25, -0.2) is 4.79 Å². The number of nitrogens with one attached hydrogen (secondary N) is 1. The van der Waals surface area contributed by atoms with Crippen LogP contribution in [0.25, 0.3) is 0 Å². The van der Waals surface area contributed by atoms with Crippen LogP contribution in [0, 0.1) is 6.92 Å². The average Bonchev–Trinajstić information content (AvgIpc) is 2.86. The molecule has 3 amide bonds. The summed E-state index contributed by atoms with van der Waals surface area (Å²) >= 11 is 0. The molecule has 1 saturated heterocycles. The van der Waals surface area contributed by atoms with Crippen molar-refractivity contribution < 1.29 is 27.5 Å². The highest BCUT2D eigenvalue weighted by Gasteiger charge is 2.32. The van der Waals surface area contributed by atoms with Crippen LogP contribution in [0.4, 0.5) is 29.3 Å². The number of carbonyl (C=O) groups excluding carboxylic acids is 2. The van der Waals surface area contributed by atoms with Gasteiger partial charge in [0.25, 0.3) is 0 Å². The fraction of sp³-hybridized carbons (Fsp3) is 0.310. The third-order valence-electron chi connectivity index (χ3n) is 6.44. The zero-order valence-electron chi connectivity index (χ0n) is 21.3. The fourth-order valence-electron chi connectivity index (χ4n) is 4.68. The molecule has 0 saturated carbocycles. The predicted octanol–water partition coefficient (Wildman–Crippen LogP) is 6.86. The number of ether oxygens (including phenoxy) is 1. The first-order chi connectivity index (χ1) is 18.1. The van der Waals surface area contributed by atoms with Crippen molar-refractivity contribution in [2.75, 3.05) is 23.3 Å². The number of carbonyl (C=O) groups is 2. The molecule has 4 rings (SSSR count). The van der Waals surface area contributed by atoms with Crippen LogP contribution in [0.5, 0.6) is 5.75 Å². The lowest BCUT2D eigenvalue weighted by Crippen LogP contribution is -2.49. The summed E-state index contributed by atoms with van der Waals surface area (Å²) in [6, 6.07) is 20.4. The van der Waals surface area contributed by atoms with Crippen molar-refractivity contribution in [2.45, 2.75) is 45.5 Å². The minimum absolute atomic E-state index is 0.129. The van der Waals surface area contributed by atoms with Gasteiger partial charge in [-0.1, -0.05) is 55.5 Å². The highest BCUT2D eigenvalue weighted by molar-refractivity contribution is 6.02. The monoisotopic (exact) mass is 525 g/mol. The largest absolute Gasteiger partial charge is 0.573 e. The molecule has 1 heterocycles. The number of halogens is 3. The summed E-state index contributed by atoms with van der Waals surface area (Å²) in [4.78, 5) is 30.0. The van der Waals surface area contributed by atoms with Crippen LogP contribution < -0.4 is 15.0 Å². The fourth-order valence-corrected chi connectivity index (χ4v) is 4.68. The number of nitrogens with zero attached hydrogens (tertiary/aromatic N) is 2. The molecule has 38 heavy (non-hydrogen) atoms. The van der Waals surface area contributed by atoms with Gasteiger partial charge in [-0.2, -0.15) is 0 Å². The van der Waals surface area contributed by atoms with Gasteiger partial charge in [-0.3, -0.25) is 9.69 Å². The molecule has 200 valence electrons. The third kappa shape index (κ3) is 6.65. The molecule has 0 spiro atoms. The van der Waals surface area contributed by atoms with E-state index in [4.69, 9.17) is 0 Å². The van der Waals surface area contributed by atoms with E-state index in [9.17, 15) is 22.8 Å². The van der Waals surface area contributed by atoms with Gasteiger partial charge >= 0.3 is 12.4 Å². The molecule has 0 aromatic heterocycles. The van der Waals surface area contributed by atoms with E-state index in [2.05, 4.69) is 10.1 Å². The Morgan fingerprint density at radius 3 is 2.50 bits per heavy atom. The summed E-state index contributed by atoms with van der Waals surface area (Å²) < 4.78 is 41.9. The minimum Gasteiger partial charge on any atom is -0.406 e. The minimum atomic E-state index is -4.79. The highest BCUT2D eigenvalue weighted by Crippen LogP contribution is 2.32. The summed E-state index contributed by atoms with van der Waals surface area (Å²) in [6.45, 7) is 4.90. The number of benzene rings is 3. The van der Waals surface area contributed by atoms with E-state index in [1.807, 2.05) is 62.4 Å². The van der Waals surface area contributed by atoms with Crippen molar-refractivity contribution in [3.8, 4) is 5.75 Å². The van der Waals surface area contributed by atoms with Crippen molar-refractivity contribution in [1.29, 1.82) is 0 Å². The predicted molar refractivity (Wildman–Crippen MR) is 140 cm³/mol. The molecule has 0 aliphatic carbocycles. The first kappa shape index (κ1) is 27.0. The van der Waals surface area contributed by atoms with Crippen LogP contribution in [0.3, 0.4) is 0 Å². The number of rotatable bonds is 8. The number of anilines is 2. The maximum atomic E-state index is 13.5. The second-order valence-corrected chi connectivity index (χ2v) is 9.29. The van der Waals surface area contributed by atoms with E-state index in [0.717, 1.165) is 11.1 Å². The molecule has 9 heteroatoms. The maximum absolute atomic E-state index is 13.5. The second kappa shape index (κ2) is 11.6. The van der Waals surface area contributed by atoms with Gasteiger partial charge in [0.15, 0.2) is 0 Å². The number of hydrogen-bond donors (Lipinski definition) is 1. The Morgan fingerprint density at radius 2 is 1.79 bits per heavy atom. The molecule has 3 aromatic rings. The van der Waals surface area contributed by atoms with E-state index < -0.39 is 6.36 Å². The normalized spacial score (nSPS) is 14.8. The lowest BCUT2D eigenvalue weighted by atomic mass is 9.95. The molecule has 6 nitrogen and oxygen atoms in total. The topological polar surface area (TPSA) is 61.9 Å². The number of urea groups is 1. The standard InChI is InChI=1S/C29H30F3N3O3/c1-3-24(22-10-5-4-6-11-22)27(36)33-25-17-20(2)13-14-26(25)35-16-8-15-34(28(35)37)19-21-9-7-12-23(18-21)38-29(30,31)32/h4-7,9-14,17-18,24H,3,8,15-16,19H2,1-2H3,(H,33,36)/t24-/m0/s1. The Kier molecular flexibility index (Phi) is 8.24. The van der Waals surface area contributed by atoms with E-state index in [0.29, 0.717) is 42.9 Å². The number of amides is 3.